The zero-order chi connectivity index (χ0) is 26.4. The molecule has 8 nitrogen and oxygen atoms in total. The number of nitrogens with zero attached hydrogens (tertiary/aromatic N) is 4. The molecule has 0 aliphatic heterocycles. The number of halogens is 1. The summed E-state index contributed by atoms with van der Waals surface area (Å²) in [6, 6.07) is 16.0. The molecule has 0 bridgehead atoms. The van der Waals surface area contributed by atoms with Crippen molar-refractivity contribution in [2.24, 2.45) is 5.41 Å². The normalized spacial score (nSPS) is 11.8. The van der Waals surface area contributed by atoms with Crippen molar-refractivity contribution in [3.8, 4) is 33.8 Å². The number of H-pyrrole nitrogens is 2. The number of carbonyl (C=O) groups excluding carboxylic acids is 1. The fraction of sp³-hybridized carbons (Fsp3) is 0.138. The van der Waals surface area contributed by atoms with Crippen LogP contribution in [0.2, 0.25) is 0 Å². The predicted octanol–water partition coefficient (Wildman–Crippen LogP) is 6.35. The molecule has 6 rings (SSSR count). The van der Waals surface area contributed by atoms with Crippen LogP contribution >= 0.6 is 0 Å². The van der Waals surface area contributed by atoms with Gasteiger partial charge in [0, 0.05) is 34.3 Å². The second kappa shape index (κ2) is 8.88. The summed E-state index contributed by atoms with van der Waals surface area (Å²) in [5.74, 6) is -0.395. The van der Waals surface area contributed by atoms with Crippen molar-refractivity contribution < 1.29 is 9.18 Å². The molecule has 6 aromatic rings. The minimum atomic E-state index is -0.528. The van der Waals surface area contributed by atoms with Crippen molar-refractivity contribution in [1.29, 1.82) is 0 Å². The minimum absolute atomic E-state index is 0.0980. The van der Waals surface area contributed by atoms with E-state index < -0.39 is 5.41 Å². The summed E-state index contributed by atoms with van der Waals surface area (Å²) in [6.45, 7) is 5.57. The molecular weight excluding hydrogens is 481 g/mol. The highest BCUT2D eigenvalue weighted by atomic mass is 19.1. The Morgan fingerprint density at radius 2 is 1.84 bits per heavy atom. The largest absolute Gasteiger partial charge is 0.338 e. The first-order valence-corrected chi connectivity index (χ1v) is 12.1. The zero-order valence-electron chi connectivity index (χ0n) is 21.0. The van der Waals surface area contributed by atoms with Crippen LogP contribution in [0.4, 0.5) is 10.1 Å². The van der Waals surface area contributed by atoms with E-state index >= 15 is 0 Å². The first-order chi connectivity index (χ1) is 18.3. The van der Waals surface area contributed by atoms with Gasteiger partial charge in [-0.2, -0.15) is 5.10 Å². The fourth-order valence-corrected chi connectivity index (χ4v) is 4.28. The number of carbonyl (C=O) groups is 1. The van der Waals surface area contributed by atoms with E-state index in [4.69, 9.17) is 4.98 Å². The molecule has 0 spiro atoms. The zero-order valence-corrected chi connectivity index (χ0v) is 21.0. The van der Waals surface area contributed by atoms with Crippen molar-refractivity contribution in [1.82, 2.24) is 30.1 Å². The van der Waals surface area contributed by atoms with Crippen LogP contribution in [-0.2, 0) is 4.79 Å². The molecule has 0 aliphatic carbocycles. The predicted molar refractivity (Wildman–Crippen MR) is 146 cm³/mol. The molecule has 1 amide bonds. The van der Waals surface area contributed by atoms with Gasteiger partial charge < -0.3 is 10.3 Å². The number of aromatic nitrogens is 6. The van der Waals surface area contributed by atoms with Crippen molar-refractivity contribution in [2.75, 3.05) is 5.32 Å². The second-order valence-corrected chi connectivity index (χ2v) is 10.1. The highest BCUT2D eigenvalue weighted by Gasteiger charge is 2.22. The number of nitrogens with one attached hydrogen (secondary N) is 3. The molecule has 1 aromatic carbocycles. The number of hydrogen-bond donors (Lipinski definition) is 3. The van der Waals surface area contributed by atoms with E-state index in [0.29, 0.717) is 39.5 Å². The Balaban J connectivity index is 1.41. The van der Waals surface area contributed by atoms with Gasteiger partial charge in [-0.1, -0.05) is 39.0 Å². The first kappa shape index (κ1) is 23.5. The first-order valence-electron chi connectivity index (χ1n) is 12.1. The maximum absolute atomic E-state index is 14.6. The summed E-state index contributed by atoms with van der Waals surface area (Å²) in [6.07, 6.45) is 4.97. The summed E-state index contributed by atoms with van der Waals surface area (Å²) in [4.78, 5) is 29.4. The van der Waals surface area contributed by atoms with Gasteiger partial charge in [0.25, 0.3) is 0 Å². The smallest absolute Gasteiger partial charge is 0.229 e. The van der Waals surface area contributed by atoms with Crippen LogP contribution in [0.1, 0.15) is 20.8 Å². The van der Waals surface area contributed by atoms with Crippen LogP contribution in [0, 0.1) is 11.2 Å². The van der Waals surface area contributed by atoms with Crippen molar-refractivity contribution in [3.63, 3.8) is 0 Å². The molecule has 9 heteroatoms. The van der Waals surface area contributed by atoms with Gasteiger partial charge in [0.1, 0.15) is 22.7 Å². The van der Waals surface area contributed by atoms with Gasteiger partial charge >= 0.3 is 0 Å². The Labute approximate surface area is 217 Å². The molecule has 0 fully saturated rings. The minimum Gasteiger partial charge on any atom is -0.338 e. The number of fused-ring (bicyclic) bond motifs is 2. The summed E-state index contributed by atoms with van der Waals surface area (Å²) < 4.78 is 14.6. The lowest BCUT2D eigenvalue weighted by Gasteiger charge is -2.17. The molecule has 0 saturated carbocycles. The summed E-state index contributed by atoms with van der Waals surface area (Å²) >= 11 is 0. The maximum Gasteiger partial charge on any atom is 0.229 e. The Bertz CT molecular complexity index is 1830. The molecule has 0 aliphatic rings. The van der Waals surface area contributed by atoms with E-state index in [1.54, 1.807) is 36.8 Å². The van der Waals surface area contributed by atoms with E-state index in [2.05, 4.69) is 30.5 Å². The average molecular weight is 506 g/mol. The van der Waals surface area contributed by atoms with Gasteiger partial charge in [-0.3, -0.25) is 14.9 Å². The summed E-state index contributed by atoms with van der Waals surface area (Å²) in [5, 5.41) is 11.2. The van der Waals surface area contributed by atoms with Crippen LogP contribution in [-0.4, -0.2) is 36.0 Å². The quantitative estimate of drug-likeness (QED) is 0.258. The Kier molecular flexibility index (Phi) is 5.48. The van der Waals surface area contributed by atoms with Gasteiger partial charge in [0.2, 0.25) is 5.91 Å². The molecule has 0 saturated heterocycles. The van der Waals surface area contributed by atoms with Gasteiger partial charge in [0.15, 0.2) is 0 Å². The number of pyridine rings is 3. The monoisotopic (exact) mass is 505 g/mol. The lowest BCUT2D eigenvalue weighted by molar-refractivity contribution is -0.123. The van der Waals surface area contributed by atoms with E-state index in [-0.39, 0.29) is 11.7 Å². The molecule has 5 aromatic heterocycles. The number of aromatic amines is 2. The number of rotatable bonds is 4. The number of amides is 1. The maximum atomic E-state index is 14.6. The average Bonchev–Trinajstić information content (AvgIpc) is 3.52. The van der Waals surface area contributed by atoms with Crippen LogP contribution in [0.3, 0.4) is 0 Å². The highest BCUT2D eigenvalue weighted by molar-refractivity contribution is 5.99. The molecular formula is C29H24FN7O. The topological polar surface area (TPSA) is 112 Å². The second-order valence-electron chi connectivity index (χ2n) is 10.1. The van der Waals surface area contributed by atoms with Crippen LogP contribution < -0.4 is 5.32 Å². The van der Waals surface area contributed by atoms with E-state index in [1.165, 1.54) is 6.07 Å². The SMILES string of the molecule is CC(C)(C)C(=O)Nc1cncc(-c2ccc3[nH]nc(-c4cc5c(-c6ccccc6F)ccnc5[nH]4)c3n2)c1. The third-order valence-electron chi connectivity index (χ3n) is 6.33. The Morgan fingerprint density at radius 1 is 1.00 bits per heavy atom. The van der Waals surface area contributed by atoms with Gasteiger partial charge in [0.05, 0.1) is 28.8 Å². The van der Waals surface area contributed by atoms with Crippen molar-refractivity contribution in [3.05, 3.63) is 79.0 Å². The lowest BCUT2D eigenvalue weighted by atomic mass is 9.95. The Hall–Kier alpha value is -4.92. The lowest BCUT2D eigenvalue weighted by Crippen LogP contribution is -2.27. The summed E-state index contributed by atoms with van der Waals surface area (Å²) in [5.41, 5.74) is 6.11. The van der Waals surface area contributed by atoms with Crippen molar-refractivity contribution in [2.45, 2.75) is 20.8 Å². The number of anilines is 1. The van der Waals surface area contributed by atoms with Crippen LogP contribution in [0.15, 0.2) is 73.2 Å². The third-order valence-corrected chi connectivity index (χ3v) is 6.33. The molecule has 5 heterocycles. The highest BCUT2D eigenvalue weighted by Crippen LogP contribution is 2.34. The van der Waals surface area contributed by atoms with Crippen LogP contribution in [0.25, 0.3) is 55.8 Å². The number of benzene rings is 1. The van der Waals surface area contributed by atoms with Crippen LogP contribution in [0.5, 0.6) is 0 Å². The number of hydrogen-bond acceptors (Lipinski definition) is 5. The van der Waals surface area contributed by atoms with E-state index in [1.807, 2.05) is 51.1 Å². The standard InChI is InChI=1S/C29H24FN7O/c1-29(2,3)28(38)33-17-12-16(14-31-15-17)22-8-9-23-25(34-22)26(37-36-23)24-13-20-18(10-11-32-27(20)35-24)19-6-4-5-7-21(19)30/h4-15H,1-3H3,(H,32,35)(H,33,38)(H,36,37). The Morgan fingerprint density at radius 3 is 2.66 bits per heavy atom. The molecule has 0 unspecified atom stereocenters. The molecule has 188 valence electrons. The molecule has 0 atom stereocenters. The third kappa shape index (κ3) is 4.17. The van der Waals surface area contributed by atoms with E-state index in [0.717, 1.165) is 22.0 Å². The summed E-state index contributed by atoms with van der Waals surface area (Å²) in [7, 11) is 0. The molecule has 0 radical (unpaired) electrons. The van der Waals surface area contributed by atoms with Gasteiger partial charge in [-0.25, -0.2) is 14.4 Å². The van der Waals surface area contributed by atoms with Crippen molar-refractivity contribution >= 4 is 33.7 Å². The fourth-order valence-electron chi connectivity index (χ4n) is 4.28. The van der Waals surface area contributed by atoms with E-state index in [9.17, 15) is 9.18 Å². The molecule has 3 N–H and O–H groups in total. The molecule has 38 heavy (non-hydrogen) atoms. The van der Waals surface area contributed by atoms with Gasteiger partial charge in [-0.05, 0) is 42.0 Å². The van der Waals surface area contributed by atoms with Gasteiger partial charge in [-0.15, -0.1) is 0 Å².